The number of carbonyl (C=O) groups excluding carboxylic acids is 1. The molecule has 1 aromatic carbocycles. The fourth-order valence-corrected chi connectivity index (χ4v) is 3.04. The van der Waals surface area contributed by atoms with E-state index < -0.39 is 0 Å². The van der Waals surface area contributed by atoms with Crippen molar-refractivity contribution in [1.29, 1.82) is 0 Å². The Morgan fingerprint density at radius 3 is 2.88 bits per heavy atom. The lowest BCUT2D eigenvalue weighted by atomic mass is 10.2. The molecule has 0 bridgehead atoms. The van der Waals surface area contributed by atoms with E-state index in [2.05, 4.69) is 27.2 Å². The van der Waals surface area contributed by atoms with E-state index in [-0.39, 0.29) is 29.6 Å². The predicted octanol–water partition coefficient (Wildman–Crippen LogP) is 1.62. The maximum atomic E-state index is 11.8. The Labute approximate surface area is 149 Å². The number of anilines is 1. The fraction of sp³-hybridized carbons (Fsp3) is 0.438. The minimum absolute atomic E-state index is 0.0876. The molecule has 2 rings (SSSR count). The maximum Gasteiger partial charge on any atom is 0.293 e. The van der Waals surface area contributed by atoms with Crippen LogP contribution in [0.2, 0.25) is 0 Å². The molecular formula is C16H19BrN4O3. The Hall–Kier alpha value is -2.11. The molecule has 7 nitrogen and oxygen atoms in total. The van der Waals surface area contributed by atoms with E-state index in [9.17, 15) is 14.9 Å². The standard InChI is InChI=1S/C16H19BrN4O3/c1-2-6-18-16(22)12-19-7-3-8-20(10-9-19)14-5-4-13(17)11-15(14)21(23)24/h1,4-5,11H,3,6-10,12H2,(H,18,22). The quantitative estimate of drug-likeness (QED) is 0.466. The zero-order chi connectivity index (χ0) is 17.5. The van der Waals surface area contributed by atoms with Crippen molar-refractivity contribution in [2.75, 3.05) is 44.2 Å². The highest BCUT2D eigenvalue weighted by atomic mass is 79.9. The van der Waals surface area contributed by atoms with Gasteiger partial charge < -0.3 is 10.2 Å². The average molecular weight is 395 g/mol. The van der Waals surface area contributed by atoms with Gasteiger partial charge in [0.25, 0.3) is 5.69 Å². The Kier molecular flexibility index (Phi) is 6.58. The lowest BCUT2D eigenvalue weighted by molar-refractivity contribution is -0.384. The van der Waals surface area contributed by atoms with Gasteiger partial charge in [0.2, 0.25) is 5.91 Å². The summed E-state index contributed by atoms with van der Waals surface area (Å²) in [5.41, 5.74) is 0.700. The summed E-state index contributed by atoms with van der Waals surface area (Å²) in [6.45, 7) is 3.29. The van der Waals surface area contributed by atoms with Gasteiger partial charge in [0, 0.05) is 36.7 Å². The van der Waals surface area contributed by atoms with E-state index in [1.165, 1.54) is 6.07 Å². The minimum atomic E-state index is -0.365. The summed E-state index contributed by atoms with van der Waals surface area (Å²) in [5, 5.41) is 13.9. The highest BCUT2D eigenvalue weighted by Crippen LogP contribution is 2.31. The van der Waals surface area contributed by atoms with E-state index in [0.717, 1.165) is 13.0 Å². The van der Waals surface area contributed by atoms with Crippen LogP contribution in [0, 0.1) is 22.5 Å². The van der Waals surface area contributed by atoms with Crippen molar-refractivity contribution in [2.24, 2.45) is 0 Å². The van der Waals surface area contributed by atoms with Crippen molar-refractivity contribution in [1.82, 2.24) is 10.2 Å². The third-order valence-corrected chi connectivity index (χ3v) is 4.31. The molecule has 8 heteroatoms. The first kappa shape index (κ1) is 18.2. The Balaban J connectivity index is 2.02. The molecule has 0 radical (unpaired) electrons. The Bertz CT molecular complexity index is 659. The number of nitrogens with zero attached hydrogens (tertiary/aromatic N) is 3. The average Bonchev–Trinajstić information content (AvgIpc) is 2.78. The lowest BCUT2D eigenvalue weighted by Crippen LogP contribution is -2.39. The van der Waals surface area contributed by atoms with Gasteiger partial charge in [-0.25, -0.2) is 0 Å². The fourth-order valence-electron chi connectivity index (χ4n) is 2.69. The molecule has 0 aromatic heterocycles. The van der Waals surface area contributed by atoms with Crippen LogP contribution in [-0.2, 0) is 4.79 Å². The molecule has 0 unspecified atom stereocenters. The van der Waals surface area contributed by atoms with Gasteiger partial charge in [-0.2, -0.15) is 0 Å². The summed E-state index contributed by atoms with van der Waals surface area (Å²) >= 11 is 3.27. The van der Waals surface area contributed by atoms with E-state index in [1.54, 1.807) is 12.1 Å². The SMILES string of the molecule is C#CCNC(=O)CN1CCCN(c2ccc(Br)cc2[N+](=O)[O-])CC1. The molecule has 1 saturated heterocycles. The van der Waals surface area contributed by atoms with E-state index in [1.807, 2.05) is 9.80 Å². The van der Waals surface area contributed by atoms with Crippen LogP contribution < -0.4 is 10.2 Å². The Morgan fingerprint density at radius 2 is 2.17 bits per heavy atom. The van der Waals surface area contributed by atoms with Crippen LogP contribution in [0.5, 0.6) is 0 Å². The number of hydrogen-bond acceptors (Lipinski definition) is 5. The number of nitro groups is 1. The second kappa shape index (κ2) is 8.66. The first-order chi connectivity index (χ1) is 11.5. The minimum Gasteiger partial charge on any atom is -0.365 e. The first-order valence-corrected chi connectivity index (χ1v) is 8.42. The molecule has 0 aliphatic carbocycles. The van der Waals surface area contributed by atoms with Crippen molar-refractivity contribution >= 4 is 33.2 Å². The predicted molar refractivity (Wildman–Crippen MR) is 95.9 cm³/mol. The smallest absolute Gasteiger partial charge is 0.293 e. The summed E-state index contributed by atoms with van der Waals surface area (Å²) in [7, 11) is 0. The first-order valence-electron chi connectivity index (χ1n) is 7.62. The van der Waals surface area contributed by atoms with Gasteiger partial charge in [0.05, 0.1) is 18.0 Å². The van der Waals surface area contributed by atoms with Crippen LogP contribution in [0.1, 0.15) is 6.42 Å². The second-order valence-electron chi connectivity index (χ2n) is 5.49. The van der Waals surface area contributed by atoms with Gasteiger partial charge in [-0.05, 0) is 18.6 Å². The second-order valence-corrected chi connectivity index (χ2v) is 6.40. The number of amides is 1. The summed E-state index contributed by atoms with van der Waals surface area (Å²) < 4.78 is 0.680. The number of halogens is 1. The molecule has 1 aliphatic rings. The summed E-state index contributed by atoms with van der Waals surface area (Å²) in [5.74, 6) is 2.27. The van der Waals surface area contributed by atoms with E-state index in [4.69, 9.17) is 6.42 Å². The van der Waals surface area contributed by atoms with Crippen LogP contribution in [-0.4, -0.2) is 55.0 Å². The number of nitro benzene ring substituents is 1. The van der Waals surface area contributed by atoms with E-state index >= 15 is 0 Å². The molecule has 0 saturated carbocycles. The summed E-state index contributed by atoms with van der Waals surface area (Å²) in [6.07, 6.45) is 5.95. The van der Waals surface area contributed by atoms with Crippen LogP contribution in [0.3, 0.4) is 0 Å². The number of rotatable bonds is 5. The monoisotopic (exact) mass is 394 g/mol. The molecule has 0 spiro atoms. The van der Waals surface area contributed by atoms with Crippen LogP contribution in [0.15, 0.2) is 22.7 Å². The molecule has 1 fully saturated rings. The highest BCUT2D eigenvalue weighted by Gasteiger charge is 2.23. The zero-order valence-electron chi connectivity index (χ0n) is 13.2. The number of hydrogen-bond donors (Lipinski definition) is 1. The van der Waals surface area contributed by atoms with Gasteiger partial charge in [0.1, 0.15) is 5.69 Å². The normalized spacial score (nSPS) is 15.4. The lowest BCUT2D eigenvalue weighted by Gasteiger charge is -2.23. The molecule has 1 amide bonds. The zero-order valence-corrected chi connectivity index (χ0v) is 14.8. The summed E-state index contributed by atoms with van der Waals surface area (Å²) in [6, 6.07) is 5.08. The molecule has 1 N–H and O–H groups in total. The maximum absolute atomic E-state index is 11.8. The molecular weight excluding hydrogens is 376 g/mol. The largest absolute Gasteiger partial charge is 0.365 e. The van der Waals surface area contributed by atoms with Crippen LogP contribution >= 0.6 is 15.9 Å². The van der Waals surface area contributed by atoms with Gasteiger partial charge in [-0.1, -0.05) is 21.9 Å². The van der Waals surface area contributed by atoms with Gasteiger partial charge in [-0.3, -0.25) is 19.8 Å². The molecule has 1 heterocycles. The number of carbonyl (C=O) groups is 1. The molecule has 1 aliphatic heterocycles. The van der Waals surface area contributed by atoms with Gasteiger partial charge >= 0.3 is 0 Å². The van der Waals surface area contributed by atoms with Crippen molar-refractivity contribution in [2.45, 2.75) is 6.42 Å². The third-order valence-electron chi connectivity index (χ3n) is 3.82. The van der Waals surface area contributed by atoms with Gasteiger partial charge in [0.15, 0.2) is 0 Å². The molecule has 1 aromatic rings. The van der Waals surface area contributed by atoms with Crippen molar-refractivity contribution in [3.8, 4) is 12.3 Å². The number of benzene rings is 1. The topological polar surface area (TPSA) is 78.7 Å². The van der Waals surface area contributed by atoms with Crippen molar-refractivity contribution in [3.05, 3.63) is 32.8 Å². The molecule has 24 heavy (non-hydrogen) atoms. The van der Waals surface area contributed by atoms with Crippen LogP contribution in [0.25, 0.3) is 0 Å². The van der Waals surface area contributed by atoms with Crippen molar-refractivity contribution < 1.29 is 9.72 Å². The number of nitrogens with one attached hydrogen (secondary N) is 1. The van der Waals surface area contributed by atoms with Crippen LogP contribution in [0.4, 0.5) is 11.4 Å². The van der Waals surface area contributed by atoms with E-state index in [0.29, 0.717) is 29.8 Å². The Morgan fingerprint density at radius 1 is 1.38 bits per heavy atom. The highest BCUT2D eigenvalue weighted by molar-refractivity contribution is 9.10. The van der Waals surface area contributed by atoms with Crippen molar-refractivity contribution in [3.63, 3.8) is 0 Å². The third kappa shape index (κ3) is 4.94. The molecule has 0 atom stereocenters. The van der Waals surface area contributed by atoms with Gasteiger partial charge in [-0.15, -0.1) is 6.42 Å². The number of terminal acetylenes is 1. The molecule has 128 valence electrons. The summed E-state index contributed by atoms with van der Waals surface area (Å²) in [4.78, 5) is 26.7.